The van der Waals surface area contributed by atoms with Gasteiger partial charge in [-0.3, -0.25) is 14.5 Å². The number of aliphatic hydroxyl groups is 1. The van der Waals surface area contributed by atoms with E-state index in [1.165, 1.54) is 6.07 Å². The highest BCUT2D eigenvalue weighted by molar-refractivity contribution is 6.31. The summed E-state index contributed by atoms with van der Waals surface area (Å²) in [4.78, 5) is 30.9. The summed E-state index contributed by atoms with van der Waals surface area (Å²) in [5.74, 6) is -2.09. The molecule has 2 fully saturated rings. The molecule has 5 rings (SSSR count). The molecule has 1 aliphatic carbocycles. The molecule has 216 valence electrons. The van der Waals surface area contributed by atoms with Crippen LogP contribution in [0.15, 0.2) is 36.4 Å². The second kappa shape index (κ2) is 9.97. The highest BCUT2D eigenvalue weighted by Gasteiger charge is 2.69. The molecule has 3 aliphatic rings. The van der Waals surface area contributed by atoms with E-state index in [0.717, 1.165) is 0 Å². The van der Waals surface area contributed by atoms with Gasteiger partial charge in [0.25, 0.3) is 0 Å². The van der Waals surface area contributed by atoms with Crippen LogP contribution in [0.4, 0.5) is 10.1 Å². The summed E-state index contributed by atoms with van der Waals surface area (Å²) in [7, 11) is 0. The third-order valence-corrected chi connectivity index (χ3v) is 9.30. The molecule has 1 spiro atoms. The molecule has 1 saturated carbocycles. The van der Waals surface area contributed by atoms with Crippen molar-refractivity contribution in [2.24, 2.45) is 5.41 Å². The summed E-state index contributed by atoms with van der Waals surface area (Å²) in [6.45, 7) is 12.1. The minimum Gasteiger partial charge on any atom is -0.390 e. The second-order valence-electron chi connectivity index (χ2n) is 13.5. The van der Waals surface area contributed by atoms with Crippen LogP contribution >= 0.6 is 23.2 Å². The Balaban J connectivity index is 1.79. The summed E-state index contributed by atoms with van der Waals surface area (Å²) in [6, 6.07) is 8.39. The van der Waals surface area contributed by atoms with E-state index in [1.807, 2.05) is 19.9 Å². The summed E-state index contributed by atoms with van der Waals surface area (Å²) in [6.07, 6.45) is 1.44. The standard InChI is InChI=1S/C31H38Cl2FN3O3/c1-16(2)37-23(15-29(3,4)5)31(20-11-10-17(32)12-22(20)36-28(31)39)24(19-8-7-9-21(33)25(19)34)26(37)27(38)35-18-13-30(6,40)14-18/h7-12,16,18,23-24,26,40H,13-15H2,1-6H3,(H,35,38)(H,36,39). The van der Waals surface area contributed by atoms with Crippen molar-refractivity contribution in [2.75, 3.05) is 5.32 Å². The van der Waals surface area contributed by atoms with Gasteiger partial charge < -0.3 is 15.7 Å². The van der Waals surface area contributed by atoms with Gasteiger partial charge in [0, 0.05) is 34.8 Å². The summed E-state index contributed by atoms with van der Waals surface area (Å²) in [5.41, 5.74) is -0.847. The minimum atomic E-state index is -1.30. The number of nitrogens with one attached hydrogen (secondary N) is 2. The Morgan fingerprint density at radius 1 is 1.23 bits per heavy atom. The zero-order valence-electron chi connectivity index (χ0n) is 23.8. The number of benzene rings is 2. The minimum absolute atomic E-state index is 0.0630. The average Bonchev–Trinajstić information content (AvgIpc) is 3.25. The zero-order chi connectivity index (χ0) is 29.4. The van der Waals surface area contributed by atoms with Crippen LogP contribution in [0.2, 0.25) is 10.0 Å². The van der Waals surface area contributed by atoms with Gasteiger partial charge in [0.2, 0.25) is 11.8 Å². The molecule has 2 aliphatic heterocycles. The molecule has 2 amide bonds. The zero-order valence-corrected chi connectivity index (χ0v) is 25.3. The van der Waals surface area contributed by atoms with Gasteiger partial charge in [0.15, 0.2) is 0 Å². The first-order valence-corrected chi connectivity index (χ1v) is 14.7. The van der Waals surface area contributed by atoms with Gasteiger partial charge in [-0.2, -0.15) is 0 Å². The molecule has 4 atom stereocenters. The first-order chi connectivity index (χ1) is 18.6. The monoisotopic (exact) mass is 589 g/mol. The first-order valence-electron chi connectivity index (χ1n) is 13.9. The van der Waals surface area contributed by atoms with Crippen molar-refractivity contribution in [3.05, 3.63) is 63.4 Å². The number of nitrogens with zero attached hydrogens (tertiary/aromatic N) is 1. The van der Waals surface area contributed by atoms with Crippen molar-refractivity contribution in [2.45, 2.75) is 102 Å². The fraction of sp³-hybridized carbons (Fsp3) is 0.548. The molecular weight excluding hydrogens is 552 g/mol. The maximum atomic E-state index is 16.1. The molecule has 0 aromatic heterocycles. The van der Waals surface area contributed by atoms with Crippen LogP contribution in [0.5, 0.6) is 0 Å². The Morgan fingerprint density at radius 2 is 1.90 bits per heavy atom. The third-order valence-electron chi connectivity index (χ3n) is 8.77. The molecule has 3 N–H and O–H groups in total. The lowest BCUT2D eigenvalue weighted by atomic mass is 9.62. The SMILES string of the molecule is CC(C)N1C(C(=O)NC2CC(C)(O)C2)C(c2cccc(Cl)c2F)C2(C(=O)Nc3cc(Cl)ccc32)C1CC(C)(C)C. The quantitative estimate of drug-likeness (QED) is 0.397. The Labute approximate surface area is 245 Å². The fourth-order valence-electron chi connectivity index (χ4n) is 7.41. The molecular formula is C31H38Cl2FN3O3. The molecule has 2 heterocycles. The molecule has 40 heavy (non-hydrogen) atoms. The molecule has 1 saturated heterocycles. The van der Waals surface area contributed by atoms with E-state index >= 15 is 4.39 Å². The largest absolute Gasteiger partial charge is 0.390 e. The van der Waals surface area contributed by atoms with Crippen LogP contribution in [0.1, 0.15) is 77.8 Å². The summed E-state index contributed by atoms with van der Waals surface area (Å²) < 4.78 is 16.1. The molecule has 2 aromatic carbocycles. The van der Waals surface area contributed by atoms with Crippen molar-refractivity contribution >= 4 is 40.7 Å². The fourth-order valence-corrected chi connectivity index (χ4v) is 7.76. The number of halogens is 3. The Morgan fingerprint density at radius 3 is 2.50 bits per heavy atom. The van der Waals surface area contributed by atoms with Gasteiger partial charge in [0.1, 0.15) is 11.2 Å². The topological polar surface area (TPSA) is 81.7 Å². The van der Waals surface area contributed by atoms with Crippen LogP contribution in [-0.4, -0.2) is 51.6 Å². The average molecular weight is 591 g/mol. The van der Waals surface area contributed by atoms with E-state index in [-0.39, 0.29) is 39.9 Å². The lowest BCUT2D eigenvalue weighted by molar-refractivity contribution is -0.131. The van der Waals surface area contributed by atoms with Gasteiger partial charge in [-0.05, 0) is 74.8 Å². The van der Waals surface area contributed by atoms with Crippen molar-refractivity contribution in [3.63, 3.8) is 0 Å². The smallest absolute Gasteiger partial charge is 0.238 e. The number of hydrogen-bond donors (Lipinski definition) is 3. The van der Waals surface area contributed by atoms with Crippen LogP contribution in [-0.2, 0) is 15.0 Å². The number of amides is 2. The van der Waals surface area contributed by atoms with E-state index in [2.05, 4.69) is 36.3 Å². The predicted octanol–water partition coefficient (Wildman–Crippen LogP) is 6.03. The highest BCUT2D eigenvalue weighted by Crippen LogP contribution is 2.61. The van der Waals surface area contributed by atoms with E-state index in [0.29, 0.717) is 35.5 Å². The number of likely N-dealkylation sites (tertiary alicyclic amines) is 1. The third kappa shape index (κ3) is 4.73. The molecule has 2 aromatic rings. The first kappa shape index (κ1) is 29.3. The maximum Gasteiger partial charge on any atom is 0.238 e. The van der Waals surface area contributed by atoms with Crippen LogP contribution in [0, 0.1) is 11.2 Å². The lowest BCUT2D eigenvalue weighted by Gasteiger charge is -2.43. The Hall–Kier alpha value is -2.19. The normalized spacial score (nSPS) is 31.8. The van der Waals surface area contributed by atoms with Crippen molar-refractivity contribution < 1.29 is 19.1 Å². The molecule has 4 unspecified atom stereocenters. The molecule has 0 radical (unpaired) electrons. The van der Waals surface area contributed by atoms with Crippen LogP contribution in [0.3, 0.4) is 0 Å². The maximum absolute atomic E-state index is 16.1. The second-order valence-corrected chi connectivity index (χ2v) is 14.4. The van der Waals surface area contributed by atoms with Gasteiger partial charge in [0.05, 0.1) is 16.7 Å². The van der Waals surface area contributed by atoms with Gasteiger partial charge >= 0.3 is 0 Å². The Kier molecular flexibility index (Phi) is 7.30. The van der Waals surface area contributed by atoms with Gasteiger partial charge in [-0.15, -0.1) is 0 Å². The van der Waals surface area contributed by atoms with Crippen LogP contribution in [0.25, 0.3) is 0 Å². The van der Waals surface area contributed by atoms with E-state index in [9.17, 15) is 14.7 Å². The lowest BCUT2D eigenvalue weighted by Crippen LogP contribution is -2.58. The van der Waals surface area contributed by atoms with Crippen molar-refractivity contribution in [1.29, 1.82) is 0 Å². The summed E-state index contributed by atoms with van der Waals surface area (Å²) in [5, 5.41) is 16.9. The van der Waals surface area contributed by atoms with Crippen molar-refractivity contribution in [1.82, 2.24) is 10.2 Å². The molecule has 0 bridgehead atoms. The number of rotatable bonds is 5. The highest BCUT2D eigenvalue weighted by atomic mass is 35.5. The van der Waals surface area contributed by atoms with E-state index in [1.54, 1.807) is 31.2 Å². The van der Waals surface area contributed by atoms with Crippen molar-refractivity contribution in [3.8, 4) is 0 Å². The predicted molar refractivity (Wildman–Crippen MR) is 156 cm³/mol. The van der Waals surface area contributed by atoms with Gasteiger partial charge in [-0.25, -0.2) is 4.39 Å². The number of carbonyl (C=O) groups is 2. The Bertz CT molecular complexity index is 1350. The molecule has 9 heteroatoms. The van der Waals surface area contributed by atoms with E-state index in [4.69, 9.17) is 23.2 Å². The summed E-state index contributed by atoms with van der Waals surface area (Å²) >= 11 is 12.7. The van der Waals surface area contributed by atoms with Crippen LogP contribution < -0.4 is 10.6 Å². The number of fused-ring (bicyclic) bond motifs is 2. The number of carbonyl (C=O) groups excluding carboxylic acids is 2. The number of anilines is 1. The molecule has 6 nitrogen and oxygen atoms in total. The van der Waals surface area contributed by atoms with E-state index < -0.39 is 34.8 Å². The number of hydrogen-bond acceptors (Lipinski definition) is 4. The van der Waals surface area contributed by atoms with Gasteiger partial charge in [-0.1, -0.05) is 62.2 Å².